The molecule has 1 aromatic carbocycles. The third-order valence-electron chi connectivity index (χ3n) is 1.19. The second-order valence-corrected chi connectivity index (χ2v) is 2.43. The van der Waals surface area contributed by atoms with Crippen molar-refractivity contribution < 1.29 is 38.7 Å². The van der Waals surface area contributed by atoms with Crippen molar-refractivity contribution >= 4 is 17.9 Å². The third-order valence-corrected chi connectivity index (χ3v) is 1.19. The van der Waals surface area contributed by atoms with Crippen LogP contribution in [0.2, 0.25) is 0 Å². The Balaban J connectivity index is 0. The molecular formula is C9H10LiNO4. The molecule has 0 aliphatic carbocycles. The number of rotatable bonds is 1. The number of hydrogen-bond acceptors (Lipinski definition) is 4. The average Bonchev–Trinajstić information content (AvgIpc) is 2.03. The van der Waals surface area contributed by atoms with Crippen LogP contribution in [0.15, 0.2) is 18.2 Å². The molecular weight excluding hydrogens is 193 g/mol. The van der Waals surface area contributed by atoms with Crippen LogP contribution < -0.4 is 29.7 Å². The molecule has 1 rings (SSSR count). The molecule has 0 spiro atoms. The molecule has 3 N–H and O–H groups in total. The molecule has 0 saturated heterocycles. The summed E-state index contributed by atoms with van der Waals surface area (Å²) in [6.07, 6.45) is 0.620. The second kappa shape index (κ2) is 7.92. The first kappa shape index (κ1) is 16.0. The van der Waals surface area contributed by atoms with Gasteiger partial charge in [-0.15, -0.1) is 5.75 Å². The molecule has 76 valence electrons. The Hall–Kier alpha value is -1.44. The van der Waals surface area contributed by atoms with Gasteiger partial charge >= 0.3 is 18.9 Å². The monoisotopic (exact) mass is 203 g/mol. The first-order valence-electron chi connectivity index (χ1n) is 3.68. The fourth-order valence-corrected chi connectivity index (χ4v) is 0.660. The van der Waals surface area contributed by atoms with Crippen LogP contribution in [-0.4, -0.2) is 17.4 Å². The number of carbonyl (C=O) groups is 2. The zero-order valence-electron chi connectivity index (χ0n) is 8.56. The van der Waals surface area contributed by atoms with E-state index >= 15 is 0 Å². The summed E-state index contributed by atoms with van der Waals surface area (Å²) < 4.78 is 0. The molecule has 0 aromatic heterocycles. The summed E-state index contributed by atoms with van der Waals surface area (Å²) in [5.74, 6) is -1.01. The number of carboxylic acid groups (broad SMARTS) is 1. The number of aliphatic carboxylic acids is 1. The number of nitrogen functional groups attached to an aromatic ring is 1. The van der Waals surface area contributed by atoms with Gasteiger partial charge in [-0.1, -0.05) is 12.1 Å². The van der Waals surface area contributed by atoms with Gasteiger partial charge in [-0.25, -0.2) is 0 Å². The van der Waals surface area contributed by atoms with E-state index in [1.54, 1.807) is 0 Å². The molecule has 0 amide bonds. The maximum Gasteiger partial charge on any atom is 1.00 e. The third kappa shape index (κ3) is 7.61. The van der Waals surface area contributed by atoms with Gasteiger partial charge in [0.15, 0.2) is 6.29 Å². The van der Waals surface area contributed by atoms with Crippen molar-refractivity contribution in [1.82, 2.24) is 0 Å². The summed E-state index contributed by atoms with van der Waals surface area (Å²) >= 11 is 0. The van der Waals surface area contributed by atoms with Crippen LogP contribution in [0.4, 0.5) is 5.69 Å². The van der Waals surface area contributed by atoms with Gasteiger partial charge in [0.2, 0.25) is 0 Å². The fourth-order valence-electron chi connectivity index (χ4n) is 0.660. The van der Waals surface area contributed by atoms with E-state index < -0.39 is 5.97 Å². The fraction of sp³-hybridized carbons (Fsp3) is 0.111. The Morgan fingerprint density at radius 1 is 1.53 bits per heavy atom. The van der Waals surface area contributed by atoms with Crippen molar-refractivity contribution in [3.05, 3.63) is 23.8 Å². The number of anilines is 1. The SMILES string of the molecule is CC(=O)O.Nc1cc([O-])ccc1C=O.[Li+]. The van der Waals surface area contributed by atoms with E-state index in [0.29, 0.717) is 11.8 Å². The smallest absolute Gasteiger partial charge is 0.872 e. The summed E-state index contributed by atoms with van der Waals surface area (Å²) in [7, 11) is 0. The summed E-state index contributed by atoms with van der Waals surface area (Å²) in [5, 5.41) is 18.0. The summed E-state index contributed by atoms with van der Waals surface area (Å²) in [6.45, 7) is 1.08. The quantitative estimate of drug-likeness (QED) is 0.292. The summed E-state index contributed by atoms with van der Waals surface area (Å²) in [6, 6.07) is 3.94. The van der Waals surface area contributed by atoms with E-state index in [-0.39, 0.29) is 30.3 Å². The molecule has 0 atom stereocenters. The molecule has 0 heterocycles. The minimum atomic E-state index is -0.833. The molecule has 0 unspecified atom stereocenters. The Kier molecular flexibility index (Phi) is 8.45. The van der Waals surface area contributed by atoms with Crippen LogP contribution in [0, 0.1) is 0 Å². The van der Waals surface area contributed by atoms with E-state index in [0.717, 1.165) is 6.92 Å². The Labute approximate surface area is 99.1 Å². The molecule has 15 heavy (non-hydrogen) atoms. The van der Waals surface area contributed by atoms with E-state index in [9.17, 15) is 9.90 Å². The molecule has 0 fully saturated rings. The molecule has 0 aliphatic rings. The van der Waals surface area contributed by atoms with Gasteiger partial charge in [-0.2, -0.15) is 0 Å². The first-order valence-corrected chi connectivity index (χ1v) is 3.68. The van der Waals surface area contributed by atoms with Gasteiger partial charge in [-0.05, 0) is 6.07 Å². The molecule has 6 heteroatoms. The average molecular weight is 203 g/mol. The largest absolute Gasteiger partial charge is 1.00 e. The van der Waals surface area contributed by atoms with Crippen molar-refractivity contribution in [3.63, 3.8) is 0 Å². The normalized spacial score (nSPS) is 7.80. The van der Waals surface area contributed by atoms with E-state index in [1.165, 1.54) is 18.2 Å². The molecule has 0 aliphatic heterocycles. The van der Waals surface area contributed by atoms with Crippen LogP contribution in [0.25, 0.3) is 0 Å². The van der Waals surface area contributed by atoms with E-state index in [2.05, 4.69) is 0 Å². The maximum atomic E-state index is 10.6. The Morgan fingerprint density at radius 3 is 2.33 bits per heavy atom. The van der Waals surface area contributed by atoms with Gasteiger partial charge in [0.25, 0.3) is 5.97 Å². The van der Waals surface area contributed by atoms with E-state index in [1.807, 2.05) is 0 Å². The van der Waals surface area contributed by atoms with Crippen LogP contribution >= 0.6 is 0 Å². The number of hydrogen-bond donors (Lipinski definition) is 2. The minimum absolute atomic E-state index is 0. The minimum Gasteiger partial charge on any atom is -0.872 e. The number of benzene rings is 1. The van der Waals surface area contributed by atoms with Crippen LogP contribution in [0.1, 0.15) is 17.3 Å². The van der Waals surface area contributed by atoms with Gasteiger partial charge < -0.3 is 15.9 Å². The molecule has 1 aromatic rings. The summed E-state index contributed by atoms with van der Waals surface area (Å²) in [5.41, 5.74) is 5.90. The molecule has 0 radical (unpaired) electrons. The van der Waals surface area contributed by atoms with Crippen LogP contribution in [0.3, 0.4) is 0 Å². The van der Waals surface area contributed by atoms with Crippen LogP contribution in [0.5, 0.6) is 5.75 Å². The zero-order valence-corrected chi connectivity index (χ0v) is 8.56. The zero-order chi connectivity index (χ0) is 11.1. The first-order chi connectivity index (χ1) is 6.47. The number of carbonyl (C=O) groups excluding carboxylic acids is 1. The number of carboxylic acids is 1. The van der Waals surface area contributed by atoms with Gasteiger partial charge in [-0.3, -0.25) is 9.59 Å². The standard InChI is InChI=1S/C7H7NO2.C2H4O2.Li/c8-7-3-6(10)2-1-5(7)4-9;1-2(3)4;/h1-4,10H,8H2;1H3,(H,3,4);/q;;+1/p-1. The van der Waals surface area contributed by atoms with Gasteiger partial charge in [0.1, 0.15) is 0 Å². The van der Waals surface area contributed by atoms with Crippen molar-refractivity contribution in [2.24, 2.45) is 0 Å². The van der Waals surface area contributed by atoms with Crippen molar-refractivity contribution in [3.8, 4) is 5.75 Å². The van der Waals surface area contributed by atoms with Crippen molar-refractivity contribution in [2.45, 2.75) is 6.92 Å². The van der Waals surface area contributed by atoms with Crippen LogP contribution in [-0.2, 0) is 4.79 Å². The Bertz CT molecular complexity index is 337. The topological polar surface area (TPSA) is 103 Å². The molecule has 5 nitrogen and oxygen atoms in total. The van der Waals surface area contributed by atoms with Gasteiger partial charge in [0.05, 0.1) is 0 Å². The summed E-state index contributed by atoms with van der Waals surface area (Å²) in [4.78, 5) is 19.2. The molecule has 0 bridgehead atoms. The molecule has 0 saturated carbocycles. The van der Waals surface area contributed by atoms with Crippen molar-refractivity contribution in [1.29, 1.82) is 0 Å². The maximum absolute atomic E-state index is 10.6. The van der Waals surface area contributed by atoms with Gasteiger partial charge in [0, 0.05) is 18.2 Å². The van der Waals surface area contributed by atoms with Crippen molar-refractivity contribution in [2.75, 3.05) is 5.73 Å². The van der Waals surface area contributed by atoms with E-state index in [4.69, 9.17) is 15.6 Å². The number of nitrogens with two attached hydrogens (primary N) is 1. The number of aldehydes is 1. The second-order valence-electron chi connectivity index (χ2n) is 2.43. The predicted molar refractivity (Wildman–Crippen MR) is 49.0 cm³/mol. The Morgan fingerprint density at radius 2 is 2.00 bits per heavy atom. The predicted octanol–water partition coefficient (Wildman–Crippen LogP) is -2.75.